The highest BCUT2D eigenvalue weighted by Gasteiger charge is 2.16. The molecule has 2 heterocycles. The molecule has 2 aromatic heterocycles. The molecular formula is C25H17ClN4OS. The van der Waals surface area contributed by atoms with Crippen molar-refractivity contribution < 1.29 is 0 Å². The molecule has 0 radical (unpaired) electrons. The maximum atomic E-state index is 13.4. The van der Waals surface area contributed by atoms with Gasteiger partial charge in [0.15, 0.2) is 0 Å². The fourth-order valence-corrected chi connectivity index (χ4v) is 4.29. The maximum absolute atomic E-state index is 13.4. The lowest BCUT2D eigenvalue weighted by Crippen LogP contribution is -2.22. The highest BCUT2D eigenvalue weighted by molar-refractivity contribution is 7.17. The van der Waals surface area contributed by atoms with Gasteiger partial charge in [-0.15, -0.1) is 10.2 Å². The maximum Gasteiger partial charge on any atom is 0.268 e. The van der Waals surface area contributed by atoms with Gasteiger partial charge in [0.1, 0.15) is 10.8 Å². The molecule has 3 aromatic carbocycles. The predicted octanol–water partition coefficient (Wildman–Crippen LogP) is 6.04. The SMILES string of the molecule is Cc1ccc(/C=C/c2nc3ccccc3c(=O)n2-c2nnc(-c3ccc(Cl)cc3)s2)cc1. The van der Waals surface area contributed by atoms with Crippen LogP contribution in [0.1, 0.15) is 17.0 Å². The summed E-state index contributed by atoms with van der Waals surface area (Å²) in [5.41, 5.74) is 3.55. The molecule has 0 aliphatic rings. The average Bonchev–Trinajstić information content (AvgIpc) is 3.29. The van der Waals surface area contributed by atoms with Crippen LogP contribution >= 0.6 is 22.9 Å². The number of fused-ring (bicyclic) bond motifs is 1. The van der Waals surface area contributed by atoms with Crippen LogP contribution in [0.5, 0.6) is 0 Å². The molecule has 0 bridgehead atoms. The van der Waals surface area contributed by atoms with Gasteiger partial charge < -0.3 is 0 Å². The average molecular weight is 457 g/mol. The number of para-hydroxylation sites is 1. The summed E-state index contributed by atoms with van der Waals surface area (Å²) in [6.07, 6.45) is 3.77. The second kappa shape index (κ2) is 8.49. The molecule has 0 N–H and O–H groups in total. The fourth-order valence-electron chi connectivity index (χ4n) is 3.31. The quantitative estimate of drug-likeness (QED) is 0.331. The first kappa shape index (κ1) is 20.3. The monoisotopic (exact) mass is 456 g/mol. The Labute approximate surface area is 193 Å². The van der Waals surface area contributed by atoms with Crippen molar-refractivity contribution in [1.29, 1.82) is 0 Å². The van der Waals surface area contributed by atoms with Gasteiger partial charge in [-0.05, 0) is 42.8 Å². The number of aromatic nitrogens is 4. The molecule has 0 fully saturated rings. The third-order valence-electron chi connectivity index (χ3n) is 5.00. The first-order valence-electron chi connectivity index (χ1n) is 9.95. The molecule has 0 aliphatic heterocycles. The van der Waals surface area contributed by atoms with Crippen molar-refractivity contribution in [2.24, 2.45) is 0 Å². The molecule has 32 heavy (non-hydrogen) atoms. The Hall–Kier alpha value is -3.61. The Morgan fingerprint density at radius 1 is 0.906 bits per heavy atom. The highest BCUT2D eigenvalue weighted by atomic mass is 35.5. The van der Waals surface area contributed by atoms with E-state index >= 15 is 0 Å². The minimum absolute atomic E-state index is 0.182. The molecule has 0 amide bonds. The standard InChI is InChI=1S/C25H17ClN4OS/c1-16-6-8-17(9-7-16)10-15-22-27-21-5-3-2-4-20(21)24(31)30(22)25-29-28-23(32-25)18-11-13-19(26)14-12-18/h2-15H,1H3/b15-10+. The molecule has 0 atom stereocenters. The van der Waals surface area contributed by atoms with Crippen LogP contribution in [-0.4, -0.2) is 19.7 Å². The number of halogens is 1. The molecule has 0 aliphatic carbocycles. The summed E-state index contributed by atoms with van der Waals surface area (Å²) < 4.78 is 1.52. The van der Waals surface area contributed by atoms with Gasteiger partial charge in [0.05, 0.1) is 10.9 Å². The van der Waals surface area contributed by atoms with Crippen molar-refractivity contribution >= 4 is 46.0 Å². The summed E-state index contributed by atoms with van der Waals surface area (Å²) in [6.45, 7) is 2.05. The lowest BCUT2D eigenvalue weighted by molar-refractivity contribution is 0.899. The van der Waals surface area contributed by atoms with Crippen LogP contribution in [0.25, 0.3) is 38.8 Å². The van der Waals surface area contributed by atoms with E-state index in [2.05, 4.69) is 10.2 Å². The van der Waals surface area contributed by atoms with Crippen LogP contribution in [-0.2, 0) is 0 Å². The second-order valence-electron chi connectivity index (χ2n) is 7.27. The Bertz CT molecular complexity index is 1500. The third kappa shape index (κ3) is 3.98. The Kier molecular flexibility index (Phi) is 5.39. The number of hydrogen-bond donors (Lipinski definition) is 0. The Balaban J connectivity index is 1.65. The van der Waals surface area contributed by atoms with Crippen molar-refractivity contribution in [2.45, 2.75) is 6.92 Å². The lowest BCUT2D eigenvalue weighted by Gasteiger charge is -2.08. The molecule has 0 saturated carbocycles. The van der Waals surface area contributed by atoms with Gasteiger partial charge >= 0.3 is 0 Å². The van der Waals surface area contributed by atoms with Gasteiger partial charge in [-0.2, -0.15) is 0 Å². The first-order valence-corrected chi connectivity index (χ1v) is 11.1. The van der Waals surface area contributed by atoms with Gasteiger partial charge in [-0.25, -0.2) is 9.55 Å². The van der Waals surface area contributed by atoms with E-state index < -0.39 is 0 Å². The van der Waals surface area contributed by atoms with Gasteiger partial charge in [0, 0.05) is 10.6 Å². The summed E-state index contributed by atoms with van der Waals surface area (Å²) in [5.74, 6) is 0.494. The number of nitrogens with zero attached hydrogens (tertiary/aromatic N) is 4. The molecule has 156 valence electrons. The smallest absolute Gasteiger partial charge is 0.268 e. The lowest BCUT2D eigenvalue weighted by atomic mass is 10.1. The normalized spacial score (nSPS) is 11.4. The van der Waals surface area contributed by atoms with Crippen molar-refractivity contribution in [3.63, 3.8) is 0 Å². The molecule has 0 unspecified atom stereocenters. The number of hydrogen-bond acceptors (Lipinski definition) is 5. The van der Waals surface area contributed by atoms with Gasteiger partial charge in [-0.1, -0.05) is 83.1 Å². The van der Waals surface area contributed by atoms with Crippen LogP contribution in [0.3, 0.4) is 0 Å². The van der Waals surface area contributed by atoms with E-state index in [1.165, 1.54) is 21.5 Å². The van der Waals surface area contributed by atoms with Crippen molar-refractivity contribution in [3.8, 4) is 15.7 Å². The molecule has 7 heteroatoms. The van der Waals surface area contributed by atoms with E-state index in [0.717, 1.165) is 11.1 Å². The molecule has 5 rings (SSSR count). The van der Waals surface area contributed by atoms with Crippen LogP contribution in [0, 0.1) is 6.92 Å². The van der Waals surface area contributed by atoms with Crippen LogP contribution in [0.15, 0.2) is 77.6 Å². The minimum Gasteiger partial charge on any atom is -0.268 e. The van der Waals surface area contributed by atoms with Crippen LogP contribution in [0.2, 0.25) is 5.02 Å². The summed E-state index contributed by atoms with van der Waals surface area (Å²) in [5, 5.41) is 10.9. The van der Waals surface area contributed by atoms with Crippen molar-refractivity contribution in [2.75, 3.05) is 0 Å². The topological polar surface area (TPSA) is 60.7 Å². The van der Waals surface area contributed by atoms with E-state index in [0.29, 0.717) is 31.9 Å². The third-order valence-corrected chi connectivity index (χ3v) is 6.21. The van der Waals surface area contributed by atoms with Gasteiger partial charge in [0.2, 0.25) is 5.13 Å². The summed E-state index contributed by atoms with van der Waals surface area (Å²) >= 11 is 7.33. The van der Waals surface area contributed by atoms with Crippen LogP contribution < -0.4 is 5.56 Å². The number of benzene rings is 3. The Morgan fingerprint density at radius 2 is 1.66 bits per heavy atom. The van der Waals surface area contributed by atoms with E-state index in [9.17, 15) is 4.79 Å². The first-order chi connectivity index (χ1) is 15.6. The molecule has 5 nitrogen and oxygen atoms in total. The summed E-state index contributed by atoms with van der Waals surface area (Å²) in [6, 6.07) is 22.8. The molecule has 0 saturated heterocycles. The van der Waals surface area contributed by atoms with E-state index in [4.69, 9.17) is 16.6 Å². The van der Waals surface area contributed by atoms with Gasteiger partial charge in [0.25, 0.3) is 5.56 Å². The predicted molar refractivity (Wildman–Crippen MR) is 131 cm³/mol. The zero-order chi connectivity index (χ0) is 22.1. The van der Waals surface area contributed by atoms with E-state index in [1.54, 1.807) is 18.2 Å². The summed E-state index contributed by atoms with van der Waals surface area (Å²) in [4.78, 5) is 18.1. The minimum atomic E-state index is -0.182. The number of rotatable bonds is 4. The molecule has 0 spiro atoms. The van der Waals surface area contributed by atoms with E-state index in [1.807, 2.05) is 73.7 Å². The highest BCUT2D eigenvalue weighted by Crippen LogP contribution is 2.27. The molecular weight excluding hydrogens is 440 g/mol. The van der Waals surface area contributed by atoms with Gasteiger partial charge in [-0.3, -0.25) is 4.79 Å². The second-order valence-corrected chi connectivity index (χ2v) is 8.66. The zero-order valence-corrected chi connectivity index (χ0v) is 18.6. The number of aryl methyl sites for hydroxylation is 1. The Morgan fingerprint density at radius 3 is 2.44 bits per heavy atom. The van der Waals surface area contributed by atoms with Crippen molar-refractivity contribution in [3.05, 3.63) is 105 Å². The van der Waals surface area contributed by atoms with Crippen LogP contribution in [0.4, 0.5) is 0 Å². The van der Waals surface area contributed by atoms with E-state index in [-0.39, 0.29) is 5.56 Å². The fraction of sp³-hybridized carbons (Fsp3) is 0.0400. The van der Waals surface area contributed by atoms with Crippen molar-refractivity contribution in [1.82, 2.24) is 19.7 Å². The largest absolute Gasteiger partial charge is 0.268 e. The summed E-state index contributed by atoms with van der Waals surface area (Å²) in [7, 11) is 0. The molecule has 5 aromatic rings. The zero-order valence-electron chi connectivity index (χ0n) is 17.1.